The molecule has 3 N–H and O–H groups in total. The van der Waals surface area contributed by atoms with E-state index in [-0.39, 0.29) is 17.9 Å². The SMILES string of the molecule is N[C@H]1CC(c2ccc(O)c(Cl)c2)Oc2ccc(Cl)cc21. The lowest BCUT2D eigenvalue weighted by Gasteiger charge is -2.30. The summed E-state index contributed by atoms with van der Waals surface area (Å²) in [6, 6.07) is 10.3. The predicted molar refractivity (Wildman–Crippen MR) is 79.5 cm³/mol. The molecule has 2 atom stereocenters. The predicted octanol–water partition coefficient (Wildman–Crippen LogP) is 4.22. The third-order valence-corrected chi connectivity index (χ3v) is 3.99. The largest absolute Gasteiger partial charge is 0.506 e. The van der Waals surface area contributed by atoms with Crippen molar-refractivity contribution in [1.29, 1.82) is 0 Å². The average Bonchev–Trinajstić information content (AvgIpc) is 2.42. The Bertz CT molecular complexity index is 660. The second-order valence-corrected chi connectivity index (χ2v) is 5.69. The van der Waals surface area contributed by atoms with Crippen LogP contribution in [0, 0.1) is 0 Å². The maximum absolute atomic E-state index is 9.47. The highest BCUT2D eigenvalue weighted by molar-refractivity contribution is 6.32. The topological polar surface area (TPSA) is 55.5 Å². The molecular weight excluding hydrogens is 297 g/mol. The van der Waals surface area contributed by atoms with E-state index in [4.69, 9.17) is 33.7 Å². The lowest BCUT2D eigenvalue weighted by atomic mass is 9.93. The number of phenols is 1. The minimum absolute atomic E-state index is 0.0581. The van der Waals surface area contributed by atoms with Crippen LogP contribution in [0.2, 0.25) is 10.0 Å². The summed E-state index contributed by atoms with van der Waals surface area (Å²) in [4.78, 5) is 0. The van der Waals surface area contributed by atoms with Crippen LogP contribution in [0.5, 0.6) is 11.5 Å². The minimum Gasteiger partial charge on any atom is -0.506 e. The van der Waals surface area contributed by atoms with Crippen LogP contribution < -0.4 is 10.5 Å². The first kappa shape index (κ1) is 13.6. The number of hydrogen-bond acceptors (Lipinski definition) is 3. The second-order valence-electron chi connectivity index (χ2n) is 4.84. The smallest absolute Gasteiger partial charge is 0.134 e. The molecule has 0 saturated heterocycles. The molecule has 5 heteroatoms. The van der Waals surface area contributed by atoms with Gasteiger partial charge in [-0.1, -0.05) is 29.3 Å². The lowest BCUT2D eigenvalue weighted by Crippen LogP contribution is -2.24. The van der Waals surface area contributed by atoms with Crippen molar-refractivity contribution in [3.05, 3.63) is 57.6 Å². The van der Waals surface area contributed by atoms with Crippen LogP contribution in [0.15, 0.2) is 36.4 Å². The van der Waals surface area contributed by atoms with Crippen LogP contribution in [-0.4, -0.2) is 5.11 Å². The van der Waals surface area contributed by atoms with Crippen molar-refractivity contribution >= 4 is 23.2 Å². The van der Waals surface area contributed by atoms with E-state index >= 15 is 0 Å². The Morgan fingerprint density at radius 2 is 1.95 bits per heavy atom. The van der Waals surface area contributed by atoms with E-state index in [9.17, 15) is 5.11 Å². The van der Waals surface area contributed by atoms with Crippen LogP contribution in [0.3, 0.4) is 0 Å². The minimum atomic E-state index is -0.184. The van der Waals surface area contributed by atoms with Gasteiger partial charge < -0.3 is 15.6 Å². The molecule has 1 aliphatic rings. The fraction of sp³-hybridized carbons (Fsp3) is 0.200. The number of aromatic hydroxyl groups is 1. The van der Waals surface area contributed by atoms with Gasteiger partial charge in [0.25, 0.3) is 0 Å². The van der Waals surface area contributed by atoms with Gasteiger partial charge >= 0.3 is 0 Å². The summed E-state index contributed by atoms with van der Waals surface area (Å²) in [5.41, 5.74) is 8.00. The van der Waals surface area contributed by atoms with E-state index in [2.05, 4.69) is 0 Å². The van der Waals surface area contributed by atoms with Crippen LogP contribution in [0.25, 0.3) is 0 Å². The molecule has 0 aromatic heterocycles. The Balaban J connectivity index is 1.94. The Morgan fingerprint density at radius 1 is 1.15 bits per heavy atom. The molecule has 1 aliphatic heterocycles. The number of rotatable bonds is 1. The van der Waals surface area contributed by atoms with Gasteiger partial charge in [-0.15, -0.1) is 0 Å². The zero-order valence-corrected chi connectivity index (χ0v) is 12.0. The molecule has 0 amide bonds. The van der Waals surface area contributed by atoms with Crippen LogP contribution in [0.4, 0.5) is 0 Å². The van der Waals surface area contributed by atoms with E-state index in [1.165, 1.54) is 0 Å². The van der Waals surface area contributed by atoms with Gasteiger partial charge in [0.2, 0.25) is 0 Å². The van der Waals surface area contributed by atoms with Crippen LogP contribution in [-0.2, 0) is 0 Å². The number of benzene rings is 2. The van der Waals surface area contributed by atoms with Crippen molar-refractivity contribution in [2.45, 2.75) is 18.6 Å². The first-order valence-electron chi connectivity index (χ1n) is 6.24. The summed E-state index contributed by atoms with van der Waals surface area (Å²) in [5.74, 6) is 0.796. The fourth-order valence-electron chi connectivity index (χ4n) is 2.40. The summed E-state index contributed by atoms with van der Waals surface area (Å²) in [7, 11) is 0. The van der Waals surface area contributed by atoms with Crippen molar-refractivity contribution in [2.75, 3.05) is 0 Å². The molecule has 1 unspecified atom stereocenters. The Hall–Kier alpha value is -1.42. The van der Waals surface area contributed by atoms with E-state index in [0.717, 1.165) is 16.9 Å². The van der Waals surface area contributed by atoms with Crippen molar-refractivity contribution < 1.29 is 9.84 Å². The van der Waals surface area contributed by atoms with Gasteiger partial charge in [-0.05, 0) is 35.9 Å². The molecule has 0 spiro atoms. The van der Waals surface area contributed by atoms with Crippen LogP contribution >= 0.6 is 23.2 Å². The number of hydrogen-bond donors (Lipinski definition) is 2. The average molecular weight is 310 g/mol. The van der Waals surface area contributed by atoms with Crippen molar-refractivity contribution in [2.24, 2.45) is 5.73 Å². The summed E-state index contributed by atoms with van der Waals surface area (Å²) >= 11 is 11.9. The Kier molecular flexibility index (Phi) is 3.50. The fourth-order valence-corrected chi connectivity index (χ4v) is 2.77. The highest BCUT2D eigenvalue weighted by Gasteiger charge is 2.27. The molecule has 2 aromatic carbocycles. The van der Waals surface area contributed by atoms with Gasteiger partial charge in [0.1, 0.15) is 17.6 Å². The van der Waals surface area contributed by atoms with Crippen molar-refractivity contribution in [1.82, 2.24) is 0 Å². The molecule has 1 heterocycles. The van der Waals surface area contributed by atoms with E-state index in [1.807, 2.05) is 12.1 Å². The molecule has 0 saturated carbocycles. The third kappa shape index (κ3) is 2.44. The number of ether oxygens (including phenoxy) is 1. The number of halogens is 2. The molecule has 104 valence electrons. The molecule has 0 aliphatic carbocycles. The van der Waals surface area contributed by atoms with E-state index in [1.54, 1.807) is 24.3 Å². The highest BCUT2D eigenvalue weighted by atomic mass is 35.5. The quantitative estimate of drug-likeness (QED) is 0.829. The van der Waals surface area contributed by atoms with Gasteiger partial charge in [0.05, 0.1) is 5.02 Å². The zero-order chi connectivity index (χ0) is 14.3. The number of fused-ring (bicyclic) bond motifs is 1. The van der Waals surface area contributed by atoms with Gasteiger partial charge in [-0.2, -0.15) is 0 Å². The normalized spacial score (nSPS) is 21.1. The van der Waals surface area contributed by atoms with Gasteiger partial charge in [-0.25, -0.2) is 0 Å². The summed E-state index contributed by atoms with van der Waals surface area (Å²) in [6.45, 7) is 0. The second kappa shape index (κ2) is 5.17. The van der Waals surface area contributed by atoms with E-state index < -0.39 is 0 Å². The first-order chi connectivity index (χ1) is 9.54. The standard InChI is InChI=1S/C15H13Cl2NO2/c16-9-2-4-14-10(6-9)12(18)7-15(20-14)8-1-3-13(19)11(17)5-8/h1-6,12,15,19H,7,18H2/t12-,15?/m0/s1. The monoisotopic (exact) mass is 309 g/mol. The van der Waals surface area contributed by atoms with Gasteiger partial charge in [-0.3, -0.25) is 0 Å². The third-order valence-electron chi connectivity index (χ3n) is 3.45. The molecule has 3 rings (SSSR count). The van der Waals surface area contributed by atoms with E-state index in [0.29, 0.717) is 16.5 Å². The highest BCUT2D eigenvalue weighted by Crippen LogP contribution is 2.41. The van der Waals surface area contributed by atoms with Gasteiger partial charge in [0, 0.05) is 23.0 Å². The van der Waals surface area contributed by atoms with Crippen LogP contribution in [0.1, 0.15) is 29.7 Å². The molecule has 20 heavy (non-hydrogen) atoms. The zero-order valence-electron chi connectivity index (χ0n) is 10.5. The molecule has 2 aromatic rings. The number of phenolic OH excluding ortho intramolecular Hbond substituents is 1. The summed E-state index contributed by atoms with van der Waals surface area (Å²) in [6.07, 6.45) is 0.450. The van der Waals surface area contributed by atoms with Crippen molar-refractivity contribution in [3.8, 4) is 11.5 Å². The molecular formula is C15H13Cl2NO2. The maximum atomic E-state index is 9.47. The molecule has 0 radical (unpaired) electrons. The Labute approximate surface area is 126 Å². The maximum Gasteiger partial charge on any atom is 0.134 e. The van der Waals surface area contributed by atoms with Crippen molar-refractivity contribution in [3.63, 3.8) is 0 Å². The summed E-state index contributed by atoms with van der Waals surface area (Å²) < 4.78 is 5.96. The first-order valence-corrected chi connectivity index (χ1v) is 7.00. The van der Waals surface area contributed by atoms with Gasteiger partial charge in [0.15, 0.2) is 0 Å². The lowest BCUT2D eigenvalue weighted by molar-refractivity contribution is 0.161. The molecule has 3 nitrogen and oxygen atoms in total. The Morgan fingerprint density at radius 3 is 2.70 bits per heavy atom. The molecule has 0 bridgehead atoms. The summed E-state index contributed by atoms with van der Waals surface area (Å²) in [5, 5.41) is 10.4. The molecule has 0 fully saturated rings. The number of nitrogens with two attached hydrogens (primary N) is 1.